The molecule has 4 aliphatic rings. The van der Waals surface area contributed by atoms with Gasteiger partial charge in [-0.1, -0.05) is 109 Å². The molecule has 72 heavy (non-hydrogen) atoms. The van der Waals surface area contributed by atoms with Gasteiger partial charge in [-0.15, -0.1) is 0 Å². The van der Waals surface area contributed by atoms with E-state index in [9.17, 15) is 39.0 Å². The number of fused-ring (bicyclic) bond motifs is 8. The first kappa shape index (κ1) is 49.1. The maximum absolute atomic E-state index is 13.7. The molecule has 2 aromatic heterocycles. The van der Waals surface area contributed by atoms with Gasteiger partial charge in [0.1, 0.15) is 0 Å². The van der Waals surface area contributed by atoms with Gasteiger partial charge in [0, 0.05) is 85.9 Å². The highest BCUT2D eigenvalue weighted by Gasteiger charge is 2.58. The van der Waals surface area contributed by atoms with Crippen molar-refractivity contribution >= 4 is 47.2 Å². The third-order valence-electron chi connectivity index (χ3n) is 14.7. The molecule has 10 rings (SSSR count). The lowest BCUT2D eigenvalue weighted by molar-refractivity contribution is -0.135. The summed E-state index contributed by atoms with van der Waals surface area (Å²) in [6.45, 7) is 6.60. The monoisotopic (exact) mass is 966 g/mol. The van der Waals surface area contributed by atoms with Crippen LogP contribution < -0.4 is 21.8 Å². The molecule has 2 saturated heterocycles. The first-order valence-electron chi connectivity index (χ1n) is 24.3. The number of carbonyl (C=O) groups is 4. The topological polar surface area (TPSA) is 183 Å². The molecule has 368 valence electrons. The summed E-state index contributed by atoms with van der Waals surface area (Å²) >= 11 is 0. The molecular formula is C58H58N6O8. The standard InChI is InChI=1S/2C29H29N3O4/c2*1-3-7-21-12-15-24-27-26(23(17-33)25(32(27)18(2)34)16-31(24)29(21)36)28(35)30-22-13-10-20(11-14-22)19-8-5-4-6-9-19/h2*3-15,23,25-27,33H,16-17H2,1-2H3,(H,30,35)/b7-3+;7-3-/t2*23-,25-,26+,27+/m11/s1. The fourth-order valence-electron chi connectivity index (χ4n) is 11.5. The van der Waals surface area contributed by atoms with E-state index < -0.39 is 47.8 Å². The maximum Gasteiger partial charge on any atom is 0.258 e. The summed E-state index contributed by atoms with van der Waals surface area (Å²) in [7, 11) is 0. The number of aliphatic hydroxyl groups excluding tert-OH is 2. The van der Waals surface area contributed by atoms with Crippen LogP contribution in [0.4, 0.5) is 11.4 Å². The lowest BCUT2D eigenvalue weighted by Gasteiger charge is -2.37. The molecule has 4 amide bonds. The van der Waals surface area contributed by atoms with E-state index in [4.69, 9.17) is 0 Å². The first-order valence-corrected chi connectivity index (χ1v) is 24.3. The van der Waals surface area contributed by atoms with Crippen molar-refractivity contribution in [2.75, 3.05) is 23.8 Å². The van der Waals surface area contributed by atoms with Gasteiger partial charge in [-0.3, -0.25) is 28.8 Å². The molecule has 0 aliphatic carbocycles. The van der Waals surface area contributed by atoms with Crippen LogP contribution >= 0.6 is 0 Å². The molecular weight excluding hydrogens is 909 g/mol. The number of hydrogen-bond donors (Lipinski definition) is 4. The predicted octanol–water partition coefficient (Wildman–Crippen LogP) is 7.39. The number of allylic oxidation sites excluding steroid dienone is 2. The van der Waals surface area contributed by atoms with Gasteiger partial charge in [-0.05, 0) is 84.6 Å². The van der Waals surface area contributed by atoms with Crippen molar-refractivity contribution in [3.63, 3.8) is 0 Å². The lowest BCUT2D eigenvalue weighted by atomic mass is 9.86. The molecule has 6 heterocycles. The van der Waals surface area contributed by atoms with Crippen molar-refractivity contribution < 1.29 is 29.4 Å². The number of aliphatic hydroxyl groups is 2. The van der Waals surface area contributed by atoms with Gasteiger partial charge in [0.15, 0.2) is 0 Å². The van der Waals surface area contributed by atoms with Gasteiger partial charge in [0.05, 0.1) is 36.0 Å². The number of amides is 4. The predicted molar refractivity (Wildman–Crippen MR) is 278 cm³/mol. The SMILES string of the molecule is C/C=C/c1ccc2n(c1=O)C[C@@H]1[C@@H](CO)[C@H](C(=O)Nc3ccc(-c4ccccc4)cc3)[C@H]2N1C(C)=O.C/C=C\c1ccc2n(c1=O)C[C@@H]1[C@@H](CO)[C@H](C(=O)Nc3ccc(-c4ccccc4)cc3)[C@H]2N1C(C)=O. The molecule has 8 atom stereocenters. The van der Waals surface area contributed by atoms with Crippen molar-refractivity contribution in [1.29, 1.82) is 0 Å². The van der Waals surface area contributed by atoms with E-state index in [1.54, 1.807) is 55.4 Å². The van der Waals surface area contributed by atoms with Crippen molar-refractivity contribution in [3.8, 4) is 22.3 Å². The molecule has 14 heteroatoms. The zero-order valence-corrected chi connectivity index (χ0v) is 40.6. The number of rotatable bonds is 10. The Morgan fingerprint density at radius 1 is 0.514 bits per heavy atom. The molecule has 14 nitrogen and oxygen atoms in total. The number of nitrogens with one attached hydrogen (secondary N) is 2. The van der Waals surface area contributed by atoms with Crippen LogP contribution in [0.25, 0.3) is 34.4 Å². The van der Waals surface area contributed by atoms with Crippen LogP contribution in [0.2, 0.25) is 0 Å². The average Bonchev–Trinajstić information content (AvgIpc) is 3.80. The van der Waals surface area contributed by atoms with Crippen LogP contribution in [-0.2, 0) is 32.3 Å². The Kier molecular flexibility index (Phi) is 14.2. The van der Waals surface area contributed by atoms with Crippen molar-refractivity contribution in [1.82, 2.24) is 18.9 Å². The van der Waals surface area contributed by atoms with E-state index in [0.717, 1.165) is 22.3 Å². The minimum Gasteiger partial charge on any atom is -0.396 e. The zero-order valence-electron chi connectivity index (χ0n) is 40.6. The first-order chi connectivity index (χ1) is 34.9. The number of pyridine rings is 2. The zero-order chi connectivity index (χ0) is 50.8. The smallest absolute Gasteiger partial charge is 0.258 e. The third kappa shape index (κ3) is 9.03. The van der Waals surface area contributed by atoms with E-state index in [1.807, 2.05) is 135 Å². The number of hydrogen-bond acceptors (Lipinski definition) is 8. The molecule has 0 spiro atoms. The van der Waals surface area contributed by atoms with E-state index in [1.165, 1.54) is 13.8 Å². The second-order valence-electron chi connectivity index (χ2n) is 18.7. The molecule has 4 aromatic carbocycles. The molecule has 4 N–H and O–H groups in total. The van der Waals surface area contributed by atoms with Crippen molar-refractivity contribution in [2.45, 2.75) is 65.0 Å². The molecule has 6 aromatic rings. The Bertz CT molecular complexity index is 2970. The fraction of sp³-hybridized carbons (Fsp3) is 0.276. The number of carbonyl (C=O) groups excluding carboxylic acids is 4. The molecule has 4 bridgehead atoms. The molecule has 0 saturated carbocycles. The van der Waals surface area contributed by atoms with Gasteiger partial charge < -0.3 is 39.8 Å². The molecule has 0 radical (unpaired) electrons. The van der Waals surface area contributed by atoms with Gasteiger partial charge in [-0.25, -0.2) is 0 Å². The average molecular weight is 967 g/mol. The Balaban J connectivity index is 0.000000178. The summed E-state index contributed by atoms with van der Waals surface area (Å²) in [5.74, 6) is -3.29. The largest absolute Gasteiger partial charge is 0.396 e. The highest BCUT2D eigenvalue weighted by atomic mass is 16.3. The van der Waals surface area contributed by atoms with E-state index in [0.29, 0.717) is 33.9 Å². The van der Waals surface area contributed by atoms with Gasteiger partial charge in [0.2, 0.25) is 23.6 Å². The summed E-state index contributed by atoms with van der Waals surface area (Å²) in [6.07, 6.45) is 7.11. The van der Waals surface area contributed by atoms with E-state index >= 15 is 0 Å². The Labute approximate surface area is 417 Å². The fourth-order valence-corrected chi connectivity index (χ4v) is 11.5. The molecule has 0 unspecified atom stereocenters. The Morgan fingerprint density at radius 2 is 0.861 bits per heavy atom. The van der Waals surface area contributed by atoms with Gasteiger partial charge in [0.25, 0.3) is 11.1 Å². The highest BCUT2D eigenvalue weighted by molar-refractivity contribution is 5.96. The van der Waals surface area contributed by atoms with E-state index in [2.05, 4.69) is 10.6 Å². The third-order valence-corrected chi connectivity index (χ3v) is 14.7. The lowest BCUT2D eigenvalue weighted by Crippen LogP contribution is -2.48. The highest BCUT2D eigenvalue weighted by Crippen LogP contribution is 2.50. The summed E-state index contributed by atoms with van der Waals surface area (Å²) in [4.78, 5) is 82.4. The Hall–Kier alpha value is -7.94. The Morgan fingerprint density at radius 3 is 1.18 bits per heavy atom. The minimum absolute atomic E-state index is 0.155. The van der Waals surface area contributed by atoms with Crippen molar-refractivity contribution in [2.24, 2.45) is 23.7 Å². The van der Waals surface area contributed by atoms with Crippen LogP contribution in [0.3, 0.4) is 0 Å². The quantitative estimate of drug-likeness (QED) is 0.110. The number of anilines is 2. The van der Waals surface area contributed by atoms with Gasteiger partial charge >= 0.3 is 0 Å². The second-order valence-corrected chi connectivity index (χ2v) is 18.7. The summed E-state index contributed by atoms with van der Waals surface area (Å²) in [5.41, 5.74) is 7.53. The number of aromatic nitrogens is 2. The van der Waals surface area contributed by atoms with Gasteiger partial charge in [-0.2, -0.15) is 0 Å². The number of benzene rings is 4. The number of nitrogens with zero attached hydrogens (tertiary/aromatic N) is 4. The van der Waals surface area contributed by atoms with Crippen LogP contribution in [0.1, 0.15) is 62.3 Å². The van der Waals surface area contributed by atoms with Crippen LogP contribution in [0.15, 0.2) is 155 Å². The minimum atomic E-state index is -0.696. The normalized spacial score (nSPS) is 22.5. The molecule has 4 aliphatic heterocycles. The molecule has 2 fully saturated rings. The summed E-state index contributed by atoms with van der Waals surface area (Å²) in [5, 5.41) is 26.6. The maximum atomic E-state index is 13.7. The van der Waals surface area contributed by atoms with Crippen LogP contribution in [0, 0.1) is 23.7 Å². The van der Waals surface area contributed by atoms with Crippen molar-refractivity contribution in [3.05, 3.63) is 189 Å². The second kappa shape index (κ2) is 20.8. The van der Waals surface area contributed by atoms with E-state index in [-0.39, 0.29) is 61.1 Å². The van der Waals surface area contributed by atoms with Crippen LogP contribution in [-0.4, -0.2) is 78.1 Å². The van der Waals surface area contributed by atoms with Crippen LogP contribution in [0.5, 0.6) is 0 Å². The summed E-state index contributed by atoms with van der Waals surface area (Å²) in [6, 6.07) is 40.1. The summed E-state index contributed by atoms with van der Waals surface area (Å²) < 4.78 is 3.32.